The first kappa shape index (κ1) is 15.4. The Labute approximate surface area is 160 Å². The van der Waals surface area contributed by atoms with Crippen LogP contribution in [0.15, 0.2) is 102 Å². The molecule has 0 aliphatic carbocycles. The summed E-state index contributed by atoms with van der Waals surface area (Å²) in [4.78, 5) is 0. The Balaban J connectivity index is 1.86. The summed E-state index contributed by atoms with van der Waals surface area (Å²) in [5, 5.41) is 2.56. The molecule has 5 rings (SSSR count). The topological polar surface area (TPSA) is 4.93 Å². The lowest BCUT2D eigenvalue weighted by Crippen LogP contribution is -1.93. The highest BCUT2D eigenvalue weighted by Crippen LogP contribution is 2.34. The van der Waals surface area contributed by atoms with Crippen LogP contribution in [0.4, 0.5) is 0 Å². The van der Waals surface area contributed by atoms with E-state index in [0.717, 1.165) is 4.47 Å². The third-order valence-electron chi connectivity index (χ3n) is 4.87. The van der Waals surface area contributed by atoms with Crippen molar-refractivity contribution in [1.29, 1.82) is 0 Å². The van der Waals surface area contributed by atoms with E-state index in [2.05, 4.69) is 118 Å². The highest BCUT2D eigenvalue weighted by Gasteiger charge is 2.12. The minimum absolute atomic E-state index is 1.09. The fourth-order valence-corrected chi connectivity index (χ4v) is 3.91. The molecule has 1 heterocycles. The SMILES string of the molecule is Brc1ccc(-n2c3ccccc3c3ccc(-c4ccccc4)cc32)cc1. The van der Waals surface area contributed by atoms with Crippen LogP contribution in [-0.4, -0.2) is 4.57 Å². The largest absolute Gasteiger partial charge is 0.309 e. The normalized spacial score (nSPS) is 11.3. The van der Waals surface area contributed by atoms with Gasteiger partial charge < -0.3 is 4.57 Å². The lowest BCUT2D eigenvalue weighted by molar-refractivity contribution is 1.18. The number of rotatable bonds is 2. The van der Waals surface area contributed by atoms with E-state index in [1.165, 1.54) is 38.6 Å². The van der Waals surface area contributed by atoms with Crippen LogP contribution >= 0.6 is 15.9 Å². The second-order valence-electron chi connectivity index (χ2n) is 6.43. The zero-order valence-electron chi connectivity index (χ0n) is 14.1. The molecule has 0 N–H and O–H groups in total. The molecule has 1 aromatic heterocycles. The first-order valence-electron chi connectivity index (χ1n) is 8.66. The van der Waals surface area contributed by atoms with Gasteiger partial charge in [0.1, 0.15) is 0 Å². The molecule has 0 amide bonds. The standard InChI is InChI=1S/C24H16BrN/c25-19-11-13-20(14-12-19)26-23-9-5-4-8-21(23)22-15-10-18(16-24(22)26)17-6-2-1-3-7-17/h1-16H. The molecule has 0 unspecified atom stereocenters. The van der Waals surface area contributed by atoms with E-state index in [4.69, 9.17) is 0 Å². The maximum absolute atomic E-state index is 3.54. The number of nitrogens with zero attached hydrogens (tertiary/aromatic N) is 1. The van der Waals surface area contributed by atoms with Crippen LogP contribution in [0.1, 0.15) is 0 Å². The summed E-state index contributed by atoms with van der Waals surface area (Å²) in [6.45, 7) is 0. The molecule has 0 fully saturated rings. The molecule has 1 nitrogen and oxygen atoms in total. The molecule has 0 aliphatic heterocycles. The molecule has 2 heteroatoms. The molecule has 0 saturated carbocycles. The van der Waals surface area contributed by atoms with Crippen LogP contribution in [0.5, 0.6) is 0 Å². The van der Waals surface area contributed by atoms with Crippen molar-refractivity contribution in [3.05, 3.63) is 102 Å². The minimum atomic E-state index is 1.09. The molecule has 0 atom stereocenters. The fourth-order valence-electron chi connectivity index (χ4n) is 3.65. The van der Waals surface area contributed by atoms with Crippen LogP contribution in [0.25, 0.3) is 38.6 Å². The van der Waals surface area contributed by atoms with Crippen molar-refractivity contribution in [3.8, 4) is 16.8 Å². The van der Waals surface area contributed by atoms with Gasteiger partial charge in [0.25, 0.3) is 0 Å². The van der Waals surface area contributed by atoms with Gasteiger partial charge in [-0.25, -0.2) is 0 Å². The van der Waals surface area contributed by atoms with E-state index in [9.17, 15) is 0 Å². The summed E-state index contributed by atoms with van der Waals surface area (Å²) < 4.78 is 3.44. The van der Waals surface area contributed by atoms with E-state index in [1.54, 1.807) is 0 Å². The number of para-hydroxylation sites is 1. The van der Waals surface area contributed by atoms with Crippen LogP contribution in [0.3, 0.4) is 0 Å². The van der Waals surface area contributed by atoms with Crippen molar-refractivity contribution >= 4 is 37.7 Å². The third-order valence-corrected chi connectivity index (χ3v) is 5.39. The van der Waals surface area contributed by atoms with Crippen molar-refractivity contribution in [2.45, 2.75) is 0 Å². The van der Waals surface area contributed by atoms with Crippen molar-refractivity contribution in [2.75, 3.05) is 0 Å². The van der Waals surface area contributed by atoms with E-state index in [0.29, 0.717) is 0 Å². The molecule has 0 spiro atoms. The van der Waals surface area contributed by atoms with E-state index < -0.39 is 0 Å². The molecule has 0 saturated heterocycles. The third kappa shape index (κ3) is 2.46. The Bertz CT molecular complexity index is 1220. The number of halogens is 1. The molecule has 124 valence electrons. The summed E-state index contributed by atoms with van der Waals surface area (Å²) in [6, 6.07) is 34.4. The average molecular weight is 398 g/mol. The predicted molar refractivity (Wildman–Crippen MR) is 114 cm³/mol. The number of hydrogen-bond acceptors (Lipinski definition) is 0. The van der Waals surface area contributed by atoms with Crippen LogP contribution in [0.2, 0.25) is 0 Å². The molecule has 26 heavy (non-hydrogen) atoms. The molecule has 5 aromatic rings. The van der Waals surface area contributed by atoms with Gasteiger partial charge in [-0.2, -0.15) is 0 Å². The van der Waals surface area contributed by atoms with Gasteiger partial charge in [-0.05, 0) is 47.5 Å². The van der Waals surface area contributed by atoms with Gasteiger partial charge in [-0.15, -0.1) is 0 Å². The number of hydrogen-bond donors (Lipinski definition) is 0. The van der Waals surface area contributed by atoms with Crippen LogP contribution in [-0.2, 0) is 0 Å². The van der Waals surface area contributed by atoms with Gasteiger partial charge >= 0.3 is 0 Å². The zero-order chi connectivity index (χ0) is 17.5. The highest BCUT2D eigenvalue weighted by molar-refractivity contribution is 9.10. The van der Waals surface area contributed by atoms with Crippen molar-refractivity contribution < 1.29 is 0 Å². The van der Waals surface area contributed by atoms with E-state index >= 15 is 0 Å². The Kier molecular flexibility index (Phi) is 3.65. The van der Waals surface area contributed by atoms with Gasteiger partial charge in [0.2, 0.25) is 0 Å². The van der Waals surface area contributed by atoms with Gasteiger partial charge in [-0.1, -0.05) is 76.6 Å². The smallest absolute Gasteiger partial charge is 0.0547 e. The van der Waals surface area contributed by atoms with Gasteiger partial charge in [0, 0.05) is 20.9 Å². The quantitative estimate of drug-likeness (QED) is 0.296. The number of benzene rings is 4. The second-order valence-corrected chi connectivity index (χ2v) is 7.34. The van der Waals surface area contributed by atoms with Crippen molar-refractivity contribution in [1.82, 2.24) is 4.57 Å². The van der Waals surface area contributed by atoms with Crippen molar-refractivity contribution in [3.63, 3.8) is 0 Å². The highest BCUT2D eigenvalue weighted by atomic mass is 79.9. The summed E-state index contributed by atoms with van der Waals surface area (Å²) in [6.07, 6.45) is 0. The lowest BCUT2D eigenvalue weighted by Gasteiger charge is -2.09. The Hall–Kier alpha value is -2.84. The van der Waals surface area contributed by atoms with Gasteiger partial charge in [0.15, 0.2) is 0 Å². The minimum Gasteiger partial charge on any atom is -0.309 e. The van der Waals surface area contributed by atoms with Crippen LogP contribution < -0.4 is 0 Å². The average Bonchev–Trinajstić information content (AvgIpc) is 3.03. The summed E-state index contributed by atoms with van der Waals surface area (Å²) in [5.41, 5.74) is 6.11. The summed E-state index contributed by atoms with van der Waals surface area (Å²) in [7, 11) is 0. The summed E-state index contributed by atoms with van der Waals surface area (Å²) >= 11 is 3.54. The fraction of sp³-hybridized carbons (Fsp3) is 0. The summed E-state index contributed by atoms with van der Waals surface area (Å²) in [5.74, 6) is 0. The lowest BCUT2D eigenvalue weighted by atomic mass is 10.0. The molecule has 0 bridgehead atoms. The predicted octanol–water partition coefficient (Wildman–Crippen LogP) is 7.21. The molecular formula is C24H16BrN. The maximum atomic E-state index is 3.54. The Morgan fingerprint density at radius 2 is 1.23 bits per heavy atom. The first-order chi connectivity index (χ1) is 12.8. The Morgan fingerprint density at radius 1 is 0.538 bits per heavy atom. The molecular weight excluding hydrogens is 382 g/mol. The Morgan fingerprint density at radius 3 is 2.04 bits per heavy atom. The monoisotopic (exact) mass is 397 g/mol. The number of fused-ring (bicyclic) bond motifs is 3. The molecule has 0 radical (unpaired) electrons. The van der Waals surface area contributed by atoms with Gasteiger partial charge in [0.05, 0.1) is 11.0 Å². The molecule has 4 aromatic carbocycles. The van der Waals surface area contributed by atoms with E-state index in [-0.39, 0.29) is 0 Å². The van der Waals surface area contributed by atoms with E-state index in [1.807, 2.05) is 0 Å². The van der Waals surface area contributed by atoms with Crippen molar-refractivity contribution in [2.24, 2.45) is 0 Å². The molecule has 0 aliphatic rings. The van der Waals surface area contributed by atoms with Crippen LogP contribution in [0, 0.1) is 0 Å². The first-order valence-corrected chi connectivity index (χ1v) is 9.45. The second kappa shape index (κ2) is 6.15. The number of aromatic nitrogens is 1. The maximum Gasteiger partial charge on any atom is 0.0547 e. The van der Waals surface area contributed by atoms with Gasteiger partial charge in [-0.3, -0.25) is 0 Å². The zero-order valence-corrected chi connectivity index (χ0v) is 15.6.